The molecule has 0 spiro atoms. The molecule has 0 heterocycles. The van der Waals surface area contributed by atoms with E-state index in [2.05, 4.69) is 4.72 Å². The van der Waals surface area contributed by atoms with Gasteiger partial charge in [0.2, 0.25) is 10.0 Å². The minimum atomic E-state index is -4.79. The van der Waals surface area contributed by atoms with E-state index < -0.39 is 37.7 Å². The van der Waals surface area contributed by atoms with Crippen LogP contribution in [-0.4, -0.2) is 14.4 Å². The topological polar surface area (TPSA) is 86.3 Å². The number of alkyl halides is 3. The number of hydrogen-bond donors (Lipinski definition) is 1. The number of carbonyl (C=O) groups is 1. The Morgan fingerprint density at radius 1 is 1.12 bits per heavy atom. The average molecular weight is 393 g/mol. The molecule has 5 nitrogen and oxygen atoms in total. The van der Waals surface area contributed by atoms with Gasteiger partial charge in [0.1, 0.15) is 0 Å². The maximum absolute atomic E-state index is 12.8. The molecule has 0 saturated heterocycles. The Bertz CT molecular complexity index is 896. The standard InChI is InChI=1S/C15H11ClF3NO4S/c16-13-6-5-11(7-12(13)15(17,18)19)25(23,24)20-8-9-1-3-10(4-2-9)14(21)22/h1-7,20H,8H2,(H,21,22)/p-1. The zero-order valence-corrected chi connectivity index (χ0v) is 13.9. The van der Waals surface area contributed by atoms with Crippen molar-refractivity contribution in [3.63, 3.8) is 0 Å². The number of hydrogen-bond acceptors (Lipinski definition) is 4. The first-order chi connectivity index (χ1) is 11.5. The molecule has 0 atom stereocenters. The Balaban J connectivity index is 2.20. The molecule has 25 heavy (non-hydrogen) atoms. The lowest BCUT2D eigenvalue weighted by Crippen LogP contribution is -2.24. The van der Waals surface area contributed by atoms with Crippen molar-refractivity contribution in [3.05, 3.63) is 64.2 Å². The highest BCUT2D eigenvalue weighted by Gasteiger charge is 2.34. The van der Waals surface area contributed by atoms with Gasteiger partial charge in [0.15, 0.2) is 0 Å². The zero-order valence-electron chi connectivity index (χ0n) is 12.3. The van der Waals surface area contributed by atoms with Gasteiger partial charge in [-0.25, -0.2) is 13.1 Å². The largest absolute Gasteiger partial charge is 0.545 e. The number of sulfonamides is 1. The summed E-state index contributed by atoms with van der Waals surface area (Å²) in [5.41, 5.74) is -0.923. The summed E-state index contributed by atoms with van der Waals surface area (Å²) in [5, 5.41) is 10.0. The quantitative estimate of drug-likeness (QED) is 0.845. The van der Waals surface area contributed by atoms with Crippen LogP contribution < -0.4 is 9.83 Å². The molecular weight excluding hydrogens is 383 g/mol. The normalized spacial score (nSPS) is 12.2. The van der Waals surface area contributed by atoms with Crippen molar-refractivity contribution in [1.82, 2.24) is 4.72 Å². The van der Waals surface area contributed by atoms with Crippen LogP contribution in [0.5, 0.6) is 0 Å². The highest BCUT2D eigenvalue weighted by Crippen LogP contribution is 2.35. The summed E-state index contributed by atoms with van der Waals surface area (Å²) in [6, 6.07) is 7.43. The van der Waals surface area contributed by atoms with E-state index in [9.17, 15) is 31.5 Å². The van der Waals surface area contributed by atoms with Gasteiger partial charge >= 0.3 is 6.18 Å². The van der Waals surface area contributed by atoms with Gasteiger partial charge in [-0.05, 0) is 29.3 Å². The molecular formula is C15H10ClF3NO4S-. The van der Waals surface area contributed by atoms with Gasteiger partial charge in [-0.15, -0.1) is 0 Å². The van der Waals surface area contributed by atoms with E-state index in [1.165, 1.54) is 24.3 Å². The average Bonchev–Trinajstić information content (AvgIpc) is 2.52. The molecule has 0 bridgehead atoms. The first-order valence-corrected chi connectivity index (χ1v) is 8.53. The molecule has 0 amide bonds. The second-order valence-electron chi connectivity index (χ2n) is 4.95. The lowest BCUT2D eigenvalue weighted by atomic mass is 10.1. The monoisotopic (exact) mass is 392 g/mol. The summed E-state index contributed by atoms with van der Waals surface area (Å²) < 4.78 is 64.9. The van der Waals surface area contributed by atoms with Crippen LogP contribution in [0.25, 0.3) is 0 Å². The van der Waals surface area contributed by atoms with E-state index >= 15 is 0 Å². The molecule has 0 radical (unpaired) electrons. The molecule has 0 aliphatic carbocycles. The maximum atomic E-state index is 12.8. The fraction of sp³-hybridized carbons (Fsp3) is 0.133. The fourth-order valence-electron chi connectivity index (χ4n) is 1.91. The maximum Gasteiger partial charge on any atom is 0.417 e. The van der Waals surface area contributed by atoms with E-state index in [4.69, 9.17) is 11.6 Å². The Morgan fingerprint density at radius 3 is 2.24 bits per heavy atom. The number of halogens is 4. The van der Waals surface area contributed by atoms with Crippen molar-refractivity contribution in [1.29, 1.82) is 0 Å². The van der Waals surface area contributed by atoms with Gasteiger partial charge < -0.3 is 9.90 Å². The third kappa shape index (κ3) is 4.71. The van der Waals surface area contributed by atoms with Crippen molar-refractivity contribution in [2.24, 2.45) is 0 Å². The lowest BCUT2D eigenvalue weighted by Gasteiger charge is -2.12. The molecule has 10 heteroatoms. The first kappa shape index (κ1) is 19.2. The second-order valence-corrected chi connectivity index (χ2v) is 7.12. The molecule has 134 valence electrons. The number of rotatable bonds is 5. The summed E-state index contributed by atoms with van der Waals surface area (Å²) >= 11 is 5.46. The predicted molar refractivity (Wildman–Crippen MR) is 81.3 cm³/mol. The molecule has 0 saturated carbocycles. The van der Waals surface area contributed by atoms with Crippen LogP contribution in [0, 0.1) is 0 Å². The van der Waals surface area contributed by atoms with E-state index in [1.807, 2.05) is 0 Å². The highest BCUT2D eigenvalue weighted by atomic mass is 35.5. The summed E-state index contributed by atoms with van der Waals surface area (Å²) in [6.07, 6.45) is -4.79. The lowest BCUT2D eigenvalue weighted by molar-refractivity contribution is -0.255. The van der Waals surface area contributed by atoms with Crippen LogP contribution >= 0.6 is 11.6 Å². The Labute approximate surface area is 146 Å². The number of benzene rings is 2. The van der Waals surface area contributed by atoms with Crippen molar-refractivity contribution in [2.75, 3.05) is 0 Å². The zero-order chi connectivity index (χ0) is 18.8. The molecule has 0 aliphatic heterocycles. The van der Waals surface area contributed by atoms with Crippen LogP contribution in [0.4, 0.5) is 13.2 Å². The van der Waals surface area contributed by atoms with Crippen LogP contribution in [0.1, 0.15) is 21.5 Å². The van der Waals surface area contributed by atoms with Gasteiger partial charge in [-0.2, -0.15) is 13.2 Å². The van der Waals surface area contributed by atoms with Crippen LogP contribution in [0.2, 0.25) is 5.02 Å². The minimum absolute atomic E-state index is 0.0841. The first-order valence-electron chi connectivity index (χ1n) is 6.67. The highest BCUT2D eigenvalue weighted by molar-refractivity contribution is 7.89. The van der Waals surface area contributed by atoms with Crippen LogP contribution in [0.15, 0.2) is 47.4 Å². The van der Waals surface area contributed by atoms with Crippen molar-refractivity contribution >= 4 is 27.6 Å². The molecule has 1 N–H and O–H groups in total. The number of aromatic carboxylic acids is 1. The minimum Gasteiger partial charge on any atom is -0.545 e. The smallest absolute Gasteiger partial charge is 0.417 e. The summed E-state index contributed by atoms with van der Waals surface area (Å²) in [6.45, 7) is -0.236. The van der Waals surface area contributed by atoms with E-state index in [1.54, 1.807) is 0 Å². The van der Waals surface area contributed by atoms with E-state index in [0.29, 0.717) is 11.6 Å². The molecule has 2 rings (SSSR count). The Hall–Kier alpha value is -2.10. The SMILES string of the molecule is O=C([O-])c1ccc(CNS(=O)(=O)c2ccc(Cl)c(C(F)(F)F)c2)cc1. The van der Waals surface area contributed by atoms with E-state index in [-0.39, 0.29) is 12.1 Å². The number of nitrogens with one attached hydrogen (secondary N) is 1. The van der Waals surface area contributed by atoms with E-state index in [0.717, 1.165) is 12.1 Å². The summed E-state index contributed by atoms with van der Waals surface area (Å²) in [7, 11) is -4.22. The third-order valence-electron chi connectivity index (χ3n) is 3.21. The molecule has 0 unspecified atom stereocenters. The predicted octanol–water partition coefficient (Wildman–Crippen LogP) is 2.20. The molecule has 0 fully saturated rings. The molecule has 2 aromatic carbocycles. The van der Waals surface area contributed by atoms with Gasteiger partial charge in [-0.3, -0.25) is 0 Å². The van der Waals surface area contributed by atoms with Crippen molar-refractivity contribution < 1.29 is 31.5 Å². The Kier molecular flexibility index (Phi) is 5.40. The summed E-state index contributed by atoms with van der Waals surface area (Å²) in [5.74, 6) is -1.38. The number of carboxylic acids is 1. The second kappa shape index (κ2) is 7.03. The van der Waals surface area contributed by atoms with Gasteiger partial charge in [0, 0.05) is 6.54 Å². The molecule has 0 aliphatic rings. The van der Waals surface area contributed by atoms with Crippen molar-refractivity contribution in [3.8, 4) is 0 Å². The number of carbonyl (C=O) groups excluding carboxylic acids is 1. The Morgan fingerprint density at radius 2 is 1.72 bits per heavy atom. The summed E-state index contributed by atoms with van der Waals surface area (Å²) in [4.78, 5) is 10.0. The molecule has 2 aromatic rings. The fourth-order valence-corrected chi connectivity index (χ4v) is 3.18. The third-order valence-corrected chi connectivity index (χ3v) is 4.94. The molecule has 0 aromatic heterocycles. The van der Waals surface area contributed by atoms with Crippen LogP contribution in [0.3, 0.4) is 0 Å². The number of carboxylic acid groups (broad SMARTS) is 1. The van der Waals surface area contributed by atoms with Gasteiger partial charge in [-0.1, -0.05) is 35.9 Å². The van der Waals surface area contributed by atoms with Crippen molar-refractivity contribution in [2.45, 2.75) is 17.6 Å². The van der Waals surface area contributed by atoms with Gasteiger partial charge in [0.05, 0.1) is 21.5 Å². The van der Waals surface area contributed by atoms with Gasteiger partial charge in [0.25, 0.3) is 0 Å². The van der Waals surface area contributed by atoms with Crippen LogP contribution in [-0.2, 0) is 22.7 Å².